The topological polar surface area (TPSA) is 69.7 Å². The fraction of sp³-hybridized carbons (Fsp3) is 0.711. The van der Waals surface area contributed by atoms with Crippen molar-refractivity contribution in [1.82, 2.24) is 0 Å². The Morgan fingerprint density at radius 1 is 0.894 bits per heavy atom. The third-order valence-electron chi connectivity index (χ3n) is 13.1. The molecular weight excluding hydrogens is 625 g/mol. The Bertz CT molecular complexity index is 1390. The van der Waals surface area contributed by atoms with Gasteiger partial charge in [-0.25, -0.2) is 0 Å². The molecule has 0 heterocycles. The molecule has 0 amide bonds. The molecule has 8 atom stereocenters. The van der Waals surface area contributed by atoms with E-state index < -0.39 is 21.0 Å². The lowest BCUT2D eigenvalue weighted by molar-refractivity contribution is -0.182. The van der Waals surface area contributed by atoms with Crippen LogP contribution in [0.3, 0.4) is 0 Å². The molecule has 264 valence electrons. The van der Waals surface area contributed by atoms with Gasteiger partial charge >= 0.3 is 15.6 Å². The van der Waals surface area contributed by atoms with Crippen molar-refractivity contribution < 1.29 is 35.3 Å². The van der Waals surface area contributed by atoms with E-state index in [9.17, 15) is 26.4 Å². The molecule has 0 N–H and O–H groups in total. The van der Waals surface area contributed by atoms with Crippen LogP contribution in [0.1, 0.15) is 111 Å². The first kappa shape index (κ1) is 37.5. The third-order valence-corrected chi connectivity index (χ3v) is 14.1. The molecule has 1 aromatic carbocycles. The Kier molecular flexibility index (Phi) is 11.1. The van der Waals surface area contributed by atoms with Gasteiger partial charge in [-0.3, -0.25) is 4.79 Å². The van der Waals surface area contributed by atoms with Crippen molar-refractivity contribution in [3.63, 3.8) is 0 Å². The number of fused-ring (bicyclic) bond motifs is 7. The lowest BCUT2D eigenvalue weighted by atomic mass is 9.37. The van der Waals surface area contributed by atoms with Crippen molar-refractivity contribution in [1.29, 1.82) is 0 Å². The fourth-order valence-corrected chi connectivity index (χ4v) is 11.8. The predicted molar refractivity (Wildman–Crippen MR) is 179 cm³/mol. The smallest absolute Gasteiger partial charge is 0.463 e. The van der Waals surface area contributed by atoms with E-state index in [1.807, 2.05) is 51.1 Å². The normalized spacial score (nSPS) is 37.0. The second-order valence-electron chi connectivity index (χ2n) is 16.0. The Morgan fingerprint density at radius 2 is 1.55 bits per heavy atom. The van der Waals surface area contributed by atoms with Gasteiger partial charge in [0.1, 0.15) is 12.4 Å². The number of carbonyl (C=O) groups excluding carboxylic acids is 1. The zero-order valence-corrected chi connectivity index (χ0v) is 29.9. The Labute approximate surface area is 280 Å². The Balaban J connectivity index is 0.000000324. The molecule has 5 aliphatic rings. The van der Waals surface area contributed by atoms with Crippen molar-refractivity contribution in [3.8, 4) is 0 Å². The van der Waals surface area contributed by atoms with Crippen LogP contribution in [0.4, 0.5) is 13.2 Å². The number of hydrogen-bond acceptors (Lipinski definition) is 5. The van der Waals surface area contributed by atoms with Crippen LogP contribution in [0, 0.1) is 51.2 Å². The van der Waals surface area contributed by atoms with Crippen LogP contribution < -0.4 is 0 Å². The summed E-state index contributed by atoms with van der Waals surface area (Å²) < 4.78 is 72.1. The second kappa shape index (κ2) is 13.9. The summed E-state index contributed by atoms with van der Waals surface area (Å²) in [4.78, 5) is 9.76. The first-order chi connectivity index (χ1) is 21.9. The number of halogens is 3. The summed E-state index contributed by atoms with van der Waals surface area (Å²) in [5.41, 5.74) is -4.46. The summed E-state index contributed by atoms with van der Waals surface area (Å²) in [5, 5.41) is 0. The average Bonchev–Trinajstić information content (AvgIpc) is 3.40. The van der Waals surface area contributed by atoms with Gasteiger partial charge in [0.25, 0.3) is 6.47 Å². The first-order valence-corrected chi connectivity index (χ1v) is 18.7. The number of hydrogen-bond donors (Lipinski definition) is 0. The van der Waals surface area contributed by atoms with Crippen molar-refractivity contribution in [3.05, 3.63) is 60.4 Å². The van der Waals surface area contributed by atoms with E-state index in [1.54, 1.807) is 12.2 Å². The van der Waals surface area contributed by atoms with Crippen molar-refractivity contribution in [2.45, 2.75) is 118 Å². The standard InChI is InChI=1S/C27H41F3O3S.C8H8O2.C3H6/c1-23(2)20-11-15-25(4)19-10-14-24(3)13-6-7-18(24)17(19)8-9-21(25)26(20,5)16-12-22(23)33-34(31,32)27(28,29)30;9-7-10-6-8-4-2-1-3-5-8;1-3-2/h12,17-21H,6-11,13-16H2,1-5H3;1-5,7H,6H2;3H,1H2,2H3. The molecule has 6 rings (SSSR count). The summed E-state index contributed by atoms with van der Waals surface area (Å²) >= 11 is 0. The van der Waals surface area contributed by atoms with Gasteiger partial charge in [-0.2, -0.15) is 21.6 Å². The van der Waals surface area contributed by atoms with Gasteiger partial charge < -0.3 is 8.92 Å². The van der Waals surface area contributed by atoms with E-state index in [4.69, 9.17) is 4.18 Å². The molecule has 0 saturated heterocycles. The van der Waals surface area contributed by atoms with E-state index in [1.165, 1.54) is 44.9 Å². The van der Waals surface area contributed by atoms with Gasteiger partial charge in [-0.05, 0) is 122 Å². The van der Waals surface area contributed by atoms with Crippen LogP contribution in [-0.2, 0) is 30.4 Å². The molecular formula is C38H55F3O5S. The monoisotopic (exact) mass is 680 g/mol. The summed E-state index contributed by atoms with van der Waals surface area (Å²) in [6.45, 7) is 17.2. The molecule has 0 aliphatic heterocycles. The maximum Gasteiger partial charge on any atom is 0.534 e. The molecule has 0 spiro atoms. The highest BCUT2D eigenvalue weighted by atomic mass is 32.2. The summed E-state index contributed by atoms with van der Waals surface area (Å²) in [6.07, 6.45) is 15.2. The molecule has 5 nitrogen and oxygen atoms in total. The maximum atomic E-state index is 13.1. The zero-order valence-electron chi connectivity index (χ0n) is 29.1. The van der Waals surface area contributed by atoms with Crippen LogP contribution in [0.15, 0.2) is 54.8 Å². The molecule has 0 aromatic heterocycles. The Hall–Kier alpha value is -2.29. The molecule has 9 heteroatoms. The molecule has 0 bridgehead atoms. The summed E-state index contributed by atoms with van der Waals surface area (Å²) in [6, 6.07) is 9.55. The number of benzene rings is 1. The minimum atomic E-state index is -5.66. The lowest BCUT2D eigenvalue weighted by Crippen LogP contribution is -2.61. The van der Waals surface area contributed by atoms with Crippen LogP contribution in [0.25, 0.3) is 0 Å². The van der Waals surface area contributed by atoms with E-state index in [0.29, 0.717) is 30.8 Å². The highest BCUT2D eigenvalue weighted by molar-refractivity contribution is 7.87. The average molecular weight is 681 g/mol. The minimum absolute atomic E-state index is 0.0241. The number of carbonyl (C=O) groups is 1. The number of alkyl halides is 3. The molecule has 1 aromatic rings. The van der Waals surface area contributed by atoms with Crippen molar-refractivity contribution >= 4 is 16.6 Å². The highest BCUT2D eigenvalue weighted by Crippen LogP contribution is 2.72. The summed E-state index contributed by atoms with van der Waals surface area (Å²) in [7, 11) is -5.66. The highest BCUT2D eigenvalue weighted by Gasteiger charge is 2.65. The lowest BCUT2D eigenvalue weighted by Gasteiger charge is -2.68. The third kappa shape index (κ3) is 7.07. The van der Waals surface area contributed by atoms with E-state index >= 15 is 0 Å². The van der Waals surface area contributed by atoms with Crippen LogP contribution in [0.2, 0.25) is 0 Å². The van der Waals surface area contributed by atoms with Crippen molar-refractivity contribution in [2.75, 3.05) is 0 Å². The van der Waals surface area contributed by atoms with E-state index in [-0.39, 0.29) is 22.5 Å². The number of ether oxygens (including phenoxy) is 1. The zero-order chi connectivity index (χ0) is 34.9. The molecule has 4 fully saturated rings. The van der Waals surface area contributed by atoms with Crippen LogP contribution in [-0.4, -0.2) is 20.4 Å². The predicted octanol–water partition coefficient (Wildman–Crippen LogP) is 10.4. The van der Waals surface area contributed by atoms with E-state index in [0.717, 1.165) is 36.2 Å². The Morgan fingerprint density at radius 3 is 2.17 bits per heavy atom. The van der Waals surface area contributed by atoms with Crippen LogP contribution >= 0.6 is 0 Å². The van der Waals surface area contributed by atoms with Gasteiger partial charge in [-0.1, -0.05) is 77.4 Å². The molecule has 8 unspecified atom stereocenters. The molecule has 47 heavy (non-hydrogen) atoms. The van der Waals surface area contributed by atoms with Gasteiger partial charge in [0.05, 0.1) is 0 Å². The quantitative estimate of drug-likeness (QED) is 0.134. The largest absolute Gasteiger partial charge is 0.534 e. The molecule has 4 saturated carbocycles. The minimum Gasteiger partial charge on any atom is -0.463 e. The number of rotatable bonds is 5. The SMILES string of the molecule is C=CC.CC12CCCC1C1CCC3C(C)(CCC4C(C)(C)C(OS(=O)(=O)C(F)(F)F)=CCC43C)C1CC2.O=COCc1ccccc1. The van der Waals surface area contributed by atoms with E-state index in [2.05, 4.69) is 32.1 Å². The van der Waals surface area contributed by atoms with Gasteiger partial charge in [0, 0.05) is 5.41 Å². The van der Waals surface area contributed by atoms with Crippen LogP contribution in [0.5, 0.6) is 0 Å². The first-order valence-electron chi connectivity index (χ1n) is 17.3. The molecule has 0 radical (unpaired) electrons. The van der Waals surface area contributed by atoms with Crippen molar-refractivity contribution in [2.24, 2.45) is 51.2 Å². The maximum absolute atomic E-state index is 13.1. The van der Waals surface area contributed by atoms with Gasteiger partial charge in [0.2, 0.25) is 0 Å². The second-order valence-corrected chi connectivity index (χ2v) is 17.5. The van der Waals surface area contributed by atoms with Gasteiger partial charge in [0.15, 0.2) is 0 Å². The molecule has 5 aliphatic carbocycles. The fourth-order valence-electron chi connectivity index (χ4n) is 11.1. The van der Waals surface area contributed by atoms with Gasteiger partial charge in [-0.15, -0.1) is 6.58 Å². The number of allylic oxidation sites excluding steroid dienone is 3. The summed E-state index contributed by atoms with van der Waals surface area (Å²) in [5.74, 6) is 2.97.